The van der Waals surface area contributed by atoms with Crippen molar-refractivity contribution in [2.45, 2.75) is 31.8 Å². The minimum absolute atomic E-state index is 0.0697. The van der Waals surface area contributed by atoms with Gasteiger partial charge in [0.25, 0.3) is 5.56 Å². The van der Waals surface area contributed by atoms with Crippen molar-refractivity contribution < 1.29 is 0 Å². The van der Waals surface area contributed by atoms with Crippen LogP contribution < -0.4 is 15.8 Å². The highest BCUT2D eigenvalue weighted by atomic mass is 16.1. The maximum absolute atomic E-state index is 11.6. The number of nitrogens with zero attached hydrogens (tertiary/aromatic N) is 3. The van der Waals surface area contributed by atoms with Gasteiger partial charge in [-0.25, -0.2) is 4.68 Å². The number of para-hydroxylation sites is 1. The van der Waals surface area contributed by atoms with E-state index in [1.807, 2.05) is 6.07 Å². The molecule has 6 heteroatoms. The molecule has 1 aliphatic rings. The number of anilines is 1. The summed E-state index contributed by atoms with van der Waals surface area (Å²) in [5.41, 5.74) is 2.40. The van der Waals surface area contributed by atoms with Crippen molar-refractivity contribution in [3.8, 4) is 0 Å². The first-order valence-electron chi connectivity index (χ1n) is 9.29. The average Bonchev–Trinajstić information content (AvgIpc) is 3.08. The molecule has 1 saturated heterocycles. The Labute approximate surface area is 152 Å². The molecule has 0 aliphatic carbocycles. The van der Waals surface area contributed by atoms with E-state index in [-0.39, 0.29) is 5.56 Å². The van der Waals surface area contributed by atoms with Gasteiger partial charge in [-0.05, 0) is 37.0 Å². The number of fused-ring (bicyclic) bond motifs is 1. The second kappa shape index (κ2) is 7.33. The molecule has 4 rings (SSSR count). The van der Waals surface area contributed by atoms with Crippen LogP contribution in [0.25, 0.3) is 10.9 Å². The third kappa shape index (κ3) is 3.37. The van der Waals surface area contributed by atoms with Crippen LogP contribution in [-0.2, 0) is 13.6 Å². The summed E-state index contributed by atoms with van der Waals surface area (Å²) in [5.74, 6) is 0.894. The fourth-order valence-electron chi connectivity index (χ4n) is 3.81. The van der Waals surface area contributed by atoms with E-state index in [0.29, 0.717) is 6.04 Å². The van der Waals surface area contributed by atoms with Gasteiger partial charge in [-0.1, -0.05) is 18.2 Å². The Morgan fingerprint density at radius 1 is 1.23 bits per heavy atom. The van der Waals surface area contributed by atoms with Gasteiger partial charge in [0.1, 0.15) is 5.82 Å². The fourth-order valence-corrected chi connectivity index (χ4v) is 3.81. The lowest BCUT2D eigenvalue weighted by Crippen LogP contribution is -2.46. The minimum Gasteiger partial charge on any atom is -0.361 e. The summed E-state index contributed by atoms with van der Waals surface area (Å²) < 4.78 is 1.42. The van der Waals surface area contributed by atoms with Crippen molar-refractivity contribution in [3.05, 3.63) is 58.5 Å². The van der Waals surface area contributed by atoms with Crippen molar-refractivity contribution in [1.82, 2.24) is 20.1 Å². The quantitative estimate of drug-likeness (QED) is 0.741. The van der Waals surface area contributed by atoms with Gasteiger partial charge >= 0.3 is 0 Å². The number of piperidine rings is 1. The molecule has 1 unspecified atom stereocenters. The molecule has 3 heterocycles. The van der Waals surface area contributed by atoms with Gasteiger partial charge in [0.2, 0.25) is 0 Å². The number of hydrogen-bond donors (Lipinski definition) is 2. The molecular weight excluding hydrogens is 326 g/mol. The largest absolute Gasteiger partial charge is 0.361 e. The molecule has 26 heavy (non-hydrogen) atoms. The normalized spacial score (nSPS) is 17.7. The van der Waals surface area contributed by atoms with Gasteiger partial charge in [-0.2, -0.15) is 5.10 Å². The van der Waals surface area contributed by atoms with Gasteiger partial charge in [-0.15, -0.1) is 0 Å². The van der Waals surface area contributed by atoms with Crippen molar-refractivity contribution in [2.24, 2.45) is 7.05 Å². The molecule has 0 amide bonds. The molecule has 0 radical (unpaired) electrons. The van der Waals surface area contributed by atoms with Crippen LogP contribution >= 0.6 is 0 Å². The molecule has 6 nitrogen and oxygen atoms in total. The smallest absolute Gasteiger partial charge is 0.266 e. The Kier molecular flexibility index (Phi) is 4.75. The Morgan fingerprint density at radius 3 is 3.00 bits per heavy atom. The lowest BCUT2D eigenvalue weighted by atomic mass is 10.0. The Hall–Kier alpha value is -2.60. The number of nitrogens with one attached hydrogen (secondary N) is 2. The molecule has 1 aromatic carbocycles. The van der Waals surface area contributed by atoms with E-state index >= 15 is 0 Å². The van der Waals surface area contributed by atoms with Crippen LogP contribution in [0.15, 0.2) is 47.4 Å². The van der Waals surface area contributed by atoms with E-state index in [1.54, 1.807) is 13.1 Å². The number of aryl methyl sites for hydroxylation is 1. The summed E-state index contributed by atoms with van der Waals surface area (Å²) in [6, 6.07) is 12.2. The van der Waals surface area contributed by atoms with Crippen LogP contribution in [0.2, 0.25) is 0 Å². The first kappa shape index (κ1) is 16.8. The zero-order valence-electron chi connectivity index (χ0n) is 15.1. The standard InChI is InChI=1S/C20H25N5O/c1-24-20(26)10-9-19(23-24)25-11-5-4-6-16(25)14-21-12-15-13-22-18-8-3-2-7-17(15)18/h2-3,7-10,13,16,21-22H,4-6,11-12,14H2,1H3. The van der Waals surface area contributed by atoms with Crippen LogP contribution in [-0.4, -0.2) is 33.9 Å². The van der Waals surface area contributed by atoms with Crippen molar-refractivity contribution in [3.63, 3.8) is 0 Å². The highest BCUT2D eigenvalue weighted by Gasteiger charge is 2.23. The zero-order valence-corrected chi connectivity index (χ0v) is 15.1. The van der Waals surface area contributed by atoms with Gasteiger partial charge in [0.15, 0.2) is 0 Å². The Morgan fingerprint density at radius 2 is 2.12 bits per heavy atom. The lowest BCUT2D eigenvalue weighted by molar-refractivity contribution is 0.429. The van der Waals surface area contributed by atoms with E-state index in [2.05, 4.69) is 50.8 Å². The third-order valence-electron chi connectivity index (χ3n) is 5.24. The van der Waals surface area contributed by atoms with Crippen LogP contribution in [0.1, 0.15) is 24.8 Å². The molecule has 1 fully saturated rings. The van der Waals surface area contributed by atoms with E-state index in [9.17, 15) is 4.79 Å². The highest BCUT2D eigenvalue weighted by Crippen LogP contribution is 2.22. The maximum Gasteiger partial charge on any atom is 0.266 e. The number of aromatic nitrogens is 3. The van der Waals surface area contributed by atoms with Gasteiger partial charge in [-0.3, -0.25) is 4.79 Å². The van der Waals surface area contributed by atoms with Gasteiger partial charge in [0.05, 0.1) is 0 Å². The summed E-state index contributed by atoms with van der Waals surface area (Å²) in [6.07, 6.45) is 5.64. The van der Waals surface area contributed by atoms with E-state index in [0.717, 1.165) is 31.9 Å². The van der Waals surface area contributed by atoms with Crippen LogP contribution in [0.5, 0.6) is 0 Å². The Bertz CT molecular complexity index is 945. The summed E-state index contributed by atoms with van der Waals surface area (Å²) >= 11 is 0. The summed E-state index contributed by atoms with van der Waals surface area (Å²) in [4.78, 5) is 17.3. The zero-order chi connectivity index (χ0) is 17.9. The SMILES string of the molecule is Cn1nc(N2CCCCC2CNCc2c[nH]c3ccccc23)ccc1=O. The Balaban J connectivity index is 1.43. The molecule has 2 N–H and O–H groups in total. The highest BCUT2D eigenvalue weighted by molar-refractivity contribution is 5.82. The first-order chi connectivity index (χ1) is 12.7. The number of aromatic amines is 1. The van der Waals surface area contributed by atoms with E-state index < -0.39 is 0 Å². The van der Waals surface area contributed by atoms with Crippen molar-refractivity contribution >= 4 is 16.7 Å². The second-order valence-corrected chi connectivity index (χ2v) is 6.99. The predicted molar refractivity (Wildman–Crippen MR) is 104 cm³/mol. The van der Waals surface area contributed by atoms with Crippen LogP contribution in [0.4, 0.5) is 5.82 Å². The van der Waals surface area contributed by atoms with Crippen molar-refractivity contribution in [2.75, 3.05) is 18.0 Å². The molecule has 1 aliphatic heterocycles. The second-order valence-electron chi connectivity index (χ2n) is 6.99. The summed E-state index contributed by atoms with van der Waals surface area (Å²) in [5, 5.41) is 9.34. The fraction of sp³-hybridized carbons (Fsp3) is 0.400. The summed E-state index contributed by atoms with van der Waals surface area (Å²) in [6.45, 7) is 2.74. The van der Waals surface area contributed by atoms with E-state index in [4.69, 9.17) is 0 Å². The number of H-pyrrole nitrogens is 1. The molecular formula is C20H25N5O. The minimum atomic E-state index is -0.0697. The molecule has 2 aromatic heterocycles. The first-order valence-corrected chi connectivity index (χ1v) is 9.29. The predicted octanol–water partition coefficient (Wildman–Crippen LogP) is 2.41. The number of hydrogen-bond acceptors (Lipinski definition) is 4. The van der Waals surface area contributed by atoms with Crippen LogP contribution in [0.3, 0.4) is 0 Å². The molecule has 0 bridgehead atoms. The lowest BCUT2D eigenvalue weighted by Gasteiger charge is -2.36. The number of rotatable bonds is 5. The molecule has 1 atom stereocenters. The van der Waals surface area contributed by atoms with Crippen molar-refractivity contribution in [1.29, 1.82) is 0 Å². The van der Waals surface area contributed by atoms with Gasteiger partial charge < -0.3 is 15.2 Å². The van der Waals surface area contributed by atoms with E-state index in [1.165, 1.54) is 34.0 Å². The number of benzene rings is 1. The molecule has 0 saturated carbocycles. The molecule has 3 aromatic rings. The molecule has 0 spiro atoms. The molecule has 136 valence electrons. The van der Waals surface area contributed by atoms with Crippen LogP contribution in [0, 0.1) is 0 Å². The summed E-state index contributed by atoms with van der Waals surface area (Å²) in [7, 11) is 1.71. The maximum atomic E-state index is 11.6. The monoisotopic (exact) mass is 351 g/mol. The average molecular weight is 351 g/mol. The topological polar surface area (TPSA) is 66.0 Å². The van der Waals surface area contributed by atoms with Gasteiger partial charge in [0, 0.05) is 55.9 Å². The third-order valence-corrected chi connectivity index (χ3v) is 5.24.